The van der Waals surface area contributed by atoms with Crippen LogP contribution >= 0.6 is 0 Å². The molecule has 2 aromatic rings. The van der Waals surface area contributed by atoms with Crippen molar-refractivity contribution < 1.29 is 19.1 Å². The topological polar surface area (TPSA) is 82.9 Å². The lowest BCUT2D eigenvalue weighted by Crippen LogP contribution is -2.36. The molecule has 0 aromatic heterocycles. The first-order valence-electron chi connectivity index (χ1n) is 8.13. The zero-order valence-corrected chi connectivity index (χ0v) is 13.7. The number of nitrogens with zero attached hydrogens (tertiary/aromatic N) is 1. The van der Waals surface area contributed by atoms with Crippen LogP contribution in [0.5, 0.6) is 11.5 Å². The number of benzene rings is 2. The van der Waals surface area contributed by atoms with Crippen LogP contribution in [0.4, 0.5) is 11.4 Å². The fourth-order valence-electron chi connectivity index (χ4n) is 3.43. The molecule has 1 saturated heterocycles. The maximum absolute atomic E-state index is 10.8. The Bertz CT molecular complexity index is 793. The minimum atomic E-state index is -0.404. The lowest BCUT2D eigenvalue weighted by Gasteiger charge is -2.36. The summed E-state index contributed by atoms with van der Waals surface area (Å²) in [5.74, 6) is 1.69. The summed E-state index contributed by atoms with van der Waals surface area (Å²) < 4.78 is 17.0. The van der Waals surface area contributed by atoms with Gasteiger partial charge in [-0.15, -0.1) is 0 Å². The van der Waals surface area contributed by atoms with Crippen LogP contribution in [0.1, 0.15) is 18.0 Å². The van der Waals surface area contributed by atoms with Gasteiger partial charge in [0.2, 0.25) is 6.29 Å². The first-order valence-corrected chi connectivity index (χ1v) is 8.13. The van der Waals surface area contributed by atoms with Crippen molar-refractivity contribution in [3.05, 3.63) is 58.1 Å². The zero-order chi connectivity index (χ0) is 17.4. The van der Waals surface area contributed by atoms with Gasteiger partial charge in [0.25, 0.3) is 5.69 Å². The molecule has 0 saturated carbocycles. The van der Waals surface area contributed by atoms with Crippen molar-refractivity contribution in [2.24, 2.45) is 5.92 Å². The number of rotatable bonds is 4. The second-order valence-electron chi connectivity index (χ2n) is 6.14. The fraction of sp³-hybridized carbons (Fsp3) is 0.333. The SMILES string of the molecule is COc1ccc2c(c1)[C@@H](Nc1ccc([N+](=O)[O-])cc1)[C@H]1CCO[C@H]1O2. The molecule has 1 fully saturated rings. The summed E-state index contributed by atoms with van der Waals surface area (Å²) in [5, 5.41) is 14.3. The van der Waals surface area contributed by atoms with Crippen LogP contribution in [0.15, 0.2) is 42.5 Å². The Morgan fingerprint density at radius 1 is 1.24 bits per heavy atom. The third kappa shape index (κ3) is 2.87. The van der Waals surface area contributed by atoms with Crippen molar-refractivity contribution >= 4 is 11.4 Å². The standard InChI is InChI=1S/C18H18N2O5/c1-23-13-6-7-16-15(10-13)17(14-8-9-24-18(14)25-16)19-11-2-4-12(5-3-11)20(21)22/h2-7,10,14,17-19H,8-9H2,1H3/t14-,17+,18+/m1/s1. The summed E-state index contributed by atoms with van der Waals surface area (Å²) in [4.78, 5) is 10.4. The van der Waals surface area contributed by atoms with Crippen molar-refractivity contribution in [1.29, 1.82) is 0 Å². The van der Waals surface area contributed by atoms with E-state index in [-0.39, 0.29) is 23.9 Å². The smallest absolute Gasteiger partial charge is 0.269 e. The first kappa shape index (κ1) is 15.7. The van der Waals surface area contributed by atoms with Crippen LogP contribution in [-0.2, 0) is 4.74 Å². The Kier molecular flexibility index (Phi) is 3.93. The fourth-order valence-corrected chi connectivity index (χ4v) is 3.43. The largest absolute Gasteiger partial charge is 0.497 e. The normalized spacial score (nSPS) is 24.0. The van der Waals surface area contributed by atoms with E-state index in [9.17, 15) is 10.1 Å². The number of methoxy groups -OCH3 is 1. The molecule has 0 aliphatic carbocycles. The maximum atomic E-state index is 10.8. The Morgan fingerprint density at radius 2 is 2.04 bits per heavy atom. The molecule has 7 heteroatoms. The van der Waals surface area contributed by atoms with Crippen LogP contribution in [0.3, 0.4) is 0 Å². The number of fused-ring (bicyclic) bond motifs is 2. The summed E-state index contributed by atoms with van der Waals surface area (Å²) in [7, 11) is 1.63. The first-order chi connectivity index (χ1) is 12.2. The third-order valence-corrected chi connectivity index (χ3v) is 4.71. The summed E-state index contributed by atoms with van der Waals surface area (Å²) in [6.07, 6.45) is 0.600. The predicted octanol–water partition coefficient (Wildman–Crippen LogP) is 3.51. The van der Waals surface area contributed by atoms with E-state index in [0.29, 0.717) is 6.61 Å². The van der Waals surface area contributed by atoms with E-state index >= 15 is 0 Å². The molecule has 0 radical (unpaired) electrons. The molecule has 2 aliphatic rings. The quantitative estimate of drug-likeness (QED) is 0.676. The van der Waals surface area contributed by atoms with Crippen LogP contribution in [0.25, 0.3) is 0 Å². The molecule has 130 valence electrons. The van der Waals surface area contributed by atoms with Crippen molar-refractivity contribution in [3.8, 4) is 11.5 Å². The molecule has 1 N–H and O–H groups in total. The lowest BCUT2D eigenvalue weighted by molar-refractivity contribution is -0.384. The highest BCUT2D eigenvalue weighted by molar-refractivity contribution is 5.53. The zero-order valence-electron chi connectivity index (χ0n) is 13.7. The molecule has 0 spiro atoms. The molecular formula is C18H18N2O5. The van der Waals surface area contributed by atoms with Gasteiger partial charge in [-0.1, -0.05) is 0 Å². The average Bonchev–Trinajstić information content (AvgIpc) is 3.10. The second kappa shape index (κ2) is 6.25. The molecule has 2 aromatic carbocycles. The van der Waals surface area contributed by atoms with Gasteiger partial charge in [-0.3, -0.25) is 10.1 Å². The number of ether oxygens (including phenoxy) is 3. The lowest BCUT2D eigenvalue weighted by atomic mass is 9.88. The van der Waals surface area contributed by atoms with Gasteiger partial charge in [-0.05, 0) is 36.8 Å². The number of hydrogen-bond acceptors (Lipinski definition) is 6. The van der Waals surface area contributed by atoms with Crippen LogP contribution in [-0.4, -0.2) is 24.9 Å². The van der Waals surface area contributed by atoms with E-state index in [1.807, 2.05) is 18.2 Å². The molecular weight excluding hydrogens is 324 g/mol. The summed E-state index contributed by atoms with van der Waals surface area (Å²) in [5.41, 5.74) is 1.89. The van der Waals surface area contributed by atoms with Gasteiger partial charge in [0, 0.05) is 29.3 Å². The number of non-ortho nitro benzene ring substituents is 1. The third-order valence-electron chi connectivity index (χ3n) is 4.71. The highest BCUT2D eigenvalue weighted by Gasteiger charge is 2.42. The number of anilines is 1. The Hall–Kier alpha value is -2.80. The molecule has 3 atom stereocenters. The van der Waals surface area contributed by atoms with Gasteiger partial charge in [0.1, 0.15) is 11.5 Å². The van der Waals surface area contributed by atoms with Crippen LogP contribution in [0, 0.1) is 16.0 Å². The number of nitrogens with one attached hydrogen (secondary N) is 1. The van der Waals surface area contributed by atoms with Gasteiger partial charge in [-0.2, -0.15) is 0 Å². The number of nitro groups is 1. The van der Waals surface area contributed by atoms with E-state index in [1.165, 1.54) is 12.1 Å². The minimum absolute atomic E-state index is 0.0205. The Labute approximate surface area is 144 Å². The molecule has 4 rings (SSSR count). The predicted molar refractivity (Wildman–Crippen MR) is 90.9 cm³/mol. The number of hydrogen-bond donors (Lipinski definition) is 1. The van der Waals surface area contributed by atoms with Crippen molar-refractivity contribution in [1.82, 2.24) is 0 Å². The molecule has 0 unspecified atom stereocenters. The van der Waals surface area contributed by atoms with Crippen LogP contribution in [0.2, 0.25) is 0 Å². The summed E-state index contributed by atoms with van der Waals surface area (Å²) in [6.45, 7) is 0.652. The average molecular weight is 342 g/mol. The molecule has 7 nitrogen and oxygen atoms in total. The van der Waals surface area contributed by atoms with E-state index in [4.69, 9.17) is 14.2 Å². The summed E-state index contributed by atoms with van der Waals surface area (Å²) >= 11 is 0. The molecule has 2 heterocycles. The molecule has 0 bridgehead atoms. The van der Waals surface area contributed by atoms with E-state index in [1.54, 1.807) is 19.2 Å². The van der Waals surface area contributed by atoms with Crippen LogP contribution < -0.4 is 14.8 Å². The number of nitro benzene ring substituents is 1. The van der Waals surface area contributed by atoms with Crippen molar-refractivity contribution in [2.75, 3.05) is 19.0 Å². The van der Waals surface area contributed by atoms with Gasteiger partial charge < -0.3 is 19.5 Å². The minimum Gasteiger partial charge on any atom is -0.497 e. The highest BCUT2D eigenvalue weighted by Crippen LogP contribution is 2.46. The Morgan fingerprint density at radius 3 is 2.76 bits per heavy atom. The van der Waals surface area contributed by atoms with Gasteiger partial charge >= 0.3 is 0 Å². The van der Waals surface area contributed by atoms with E-state index < -0.39 is 4.92 Å². The van der Waals surface area contributed by atoms with Gasteiger partial charge in [0.15, 0.2) is 0 Å². The molecule has 2 aliphatic heterocycles. The highest BCUT2D eigenvalue weighted by atomic mass is 16.7. The maximum Gasteiger partial charge on any atom is 0.269 e. The van der Waals surface area contributed by atoms with Crippen molar-refractivity contribution in [2.45, 2.75) is 18.8 Å². The van der Waals surface area contributed by atoms with Gasteiger partial charge in [-0.25, -0.2) is 0 Å². The molecule has 25 heavy (non-hydrogen) atoms. The van der Waals surface area contributed by atoms with E-state index in [2.05, 4.69) is 5.32 Å². The van der Waals surface area contributed by atoms with Crippen molar-refractivity contribution in [3.63, 3.8) is 0 Å². The van der Waals surface area contributed by atoms with Gasteiger partial charge in [0.05, 0.1) is 24.7 Å². The Balaban J connectivity index is 1.67. The monoisotopic (exact) mass is 342 g/mol. The second-order valence-corrected chi connectivity index (χ2v) is 6.14. The molecule has 0 amide bonds. The van der Waals surface area contributed by atoms with E-state index in [0.717, 1.165) is 29.2 Å². The summed E-state index contributed by atoms with van der Waals surface area (Å²) in [6, 6.07) is 12.1.